The van der Waals surface area contributed by atoms with Crippen molar-refractivity contribution in [3.05, 3.63) is 34.3 Å². The second-order valence-electron chi connectivity index (χ2n) is 5.25. The van der Waals surface area contributed by atoms with Gasteiger partial charge in [-0.05, 0) is 24.1 Å². The topological polar surface area (TPSA) is 64.4 Å². The predicted molar refractivity (Wildman–Crippen MR) is 85.9 cm³/mol. The molecule has 1 aliphatic rings. The first-order valence-corrected chi connectivity index (χ1v) is 8.06. The van der Waals surface area contributed by atoms with Crippen molar-refractivity contribution in [2.24, 2.45) is 0 Å². The van der Waals surface area contributed by atoms with E-state index >= 15 is 0 Å². The van der Waals surface area contributed by atoms with E-state index in [1.54, 1.807) is 4.90 Å². The van der Waals surface area contributed by atoms with Gasteiger partial charge in [-0.2, -0.15) is 5.26 Å². The molecule has 5 nitrogen and oxygen atoms in total. The number of benzene rings is 1. The summed E-state index contributed by atoms with van der Waals surface area (Å²) in [6.07, 6.45) is 1.04. The molecule has 1 aromatic carbocycles. The van der Waals surface area contributed by atoms with Crippen LogP contribution in [0.15, 0.2) is 28.7 Å². The molecule has 0 aliphatic carbocycles. The summed E-state index contributed by atoms with van der Waals surface area (Å²) >= 11 is 3.38. The molecular formula is C16H18BrN3O2. The molecule has 22 heavy (non-hydrogen) atoms. The maximum atomic E-state index is 12.4. The fraction of sp³-hybridized carbons (Fsp3) is 0.438. The van der Waals surface area contributed by atoms with Gasteiger partial charge in [-0.25, -0.2) is 0 Å². The second-order valence-corrected chi connectivity index (χ2v) is 6.17. The van der Waals surface area contributed by atoms with Crippen molar-refractivity contribution in [3.63, 3.8) is 0 Å². The standard InChI is InChI=1S/C16H18BrN3O2/c17-14-4-2-13(3-5-14)12-16(22)20-9-1-8-19(10-11-20)15(21)6-7-18/h2-5H,1,6,8-12H2. The monoisotopic (exact) mass is 363 g/mol. The van der Waals surface area contributed by atoms with E-state index in [-0.39, 0.29) is 18.2 Å². The van der Waals surface area contributed by atoms with E-state index in [9.17, 15) is 9.59 Å². The van der Waals surface area contributed by atoms with Gasteiger partial charge in [0.25, 0.3) is 0 Å². The van der Waals surface area contributed by atoms with Crippen molar-refractivity contribution in [3.8, 4) is 6.07 Å². The van der Waals surface area contributed by atoms with Crippen molar-refractivity contribution in [2.45, 2.75) is 19.3 Å². The van der Waals surface area contributed by atoms with Crippen molar-refractivity contribution in [1.82, 2.24) is 9.80 Å². The van der Waals surface area contributed by atoms with Gasteiger partial charge in [0.1, 0.15) is 6.42 Å². The van der Waals surface area contributed by atoms with Crippen LogP contribution in [0.4, 0.5) is 0 Å². The summed E-state index contributed by atoms with van der Waals surface area (Å²) in [4.78, 5) is 27.6. The average Bonchev–Trinajstić information content (AvgIpc) is 2.76. The number of amides is 2. The zero-order valence-electron chi connectivity index (χ0n) is 12.3. The molecule has 1 fully saturated rings. The first-order valence-electron chi connectivity index (χ1n) is 7.27. The van der Waals surface area contributed by atoms with E-state index in [1.807, 2.05) is 35.2 Å². The first kappa shape index (κ1) is 16.5. The van der Waals surface area contributed by atoms with Crippen LogP contribution in [0, 0.1) is 11.3 Å². The van der Waals surface area contributed by atoms with Crippen LogP contribution in [-0.2, 0) is 16.0 Å². The normalized spacial score (nSPS) is 15.1. The molecule has 0 atom stereocenters. The summed E-state index contributed by atoms with van der Waals surface area (Å²) in [5.74, 6) is -0.0680. The highest BCUT2D eigenvalue weighted by atomic mass is 79.9. The number of carbonyl (C=O) groups excluding carboxylic acids is 2. The van der Waals surface area contributed by atoms with Crippen LogP contribution in [0.5, 0.6) is 0 Å². The molecule has 2 amide bonds. The van der Waals surface area contributed by atoms with Crippen molar-refractivity contribution >= 4 is 27.7 Å². The van der Waals surface area contributed by atoms with E-state index in [4.69, 9.17) is 5.26 Å². The zero-order chi connectivity index (χ0) is 15.9. The average molecular weight is 364 g/mol. The quantitative estimate of drug-likeness (QED) is 0.824. The van der Waals surface area contributed by atoms with Gasteiger partial charge in [0.2, 0.25) is 11.8 Å². The second kappa shape index (κ2) is 7.95. The van der Waals surface area contributed by atoms with Crippen LogP contribution in [0.1, 0.15) is 18.4 Å². The van der Waals surface area contributed by atoms with Gasteiger partial charge < -0.3 is 9.80 Å². The van der Waals surface area contributed by atoms with Gasteiger partial charge in [0.05, 0.1) is 12.5 Å². The molecular weight excluding hydrogens is 346 g/mol. The number of hydrogen-bond donors (Lipinski definition) is 0. The number of rotatable bonds is 3. The summed E-state index contributed by atoms with van der Waals surface area (Å²) in [6.45, 7) is 2.31. The lowest BCUT2D eigenvalue weighted by molar-refractivity contribution is -0.132. The first-order chi connectivity index (χ1) is 10.6. The Hall–Kier alpha value is -1.87. The molecule has 0 bridgehead atoms. The highest BCUT2D eigenvalue weighted by molar-refractivity contribution is 9.10. The summed E-state index contributed by atoms with van der Waals surface area (Å²) in [5, 5.41) is 8.60. The maximum absolute atomic E-state index is 12.4. The zero-order valence-corrected chi connectivity index (χ0v) is 13.9. The molecule has 1 aliphatic heterocycles. The molecule has 6 heteroatoms. The molecule has 0 N–H and O–H groups in total. The lowest BCUT2D eigenvalue weighted by atomic mass is 10.1. The fourth-order valence-electron chi connectivity index (χ4n) is 2.48. The van der Waals surface area contributed by atoms with Crippen LogP contribution in [0.3, 0.4) is 0 Å². The summed E-state index contributed by atoms with van der Waals surface area (Å²) in [7, 11) is 0. The van der Waals surface area contributed by atoms with E-state index in [0.717, 1.165) is 16.5 Å². The highest BCUT2D eigenvalue weighted by Gasteiger charge is 2.21. The number of nitriles is 1. The fourth-order valence-corrected chi connectivity index (χ4v) is 2.75. The van der Waals surface area contributed by atoms with Crippen LogP contribution < -0.4 is 0 Å². The number of carbonyl (C=O) groups is 2. The summed E-state index contributed by atoms with van der Waals surface area (Å²) in [5.41, 5.74) is 0.981. The van der Waals surface area contributed by atoms with Gasteiger partial charge in [-0.15, -0.1) is 0 Å². The third-order valence-electron chi connectivity index (χ3n) is 3.70. The lowest BCUT2D eigenvalue weighted by Gasteiger charge is -2.21. The number of nitrogens with zero attached hydrogens (tertiary/aromatic N) is 3. The maximum Gasteiger partial charge on any atom is 0.236 e. The molecule has 1 aromatic rings. The molecule has 0 unspecified atom stereocenters. The van der Waals surface area contributed by atoms with Gasteiger partial charge in [0, 0.05) is 30.7 Å². The van der Waals surface area contributed by atoms with Crippen LogP contribution in [-0.4, -0.2) is 47.8 Å². The molecule has 1 saturated heterocycles. The molecule has 1 heterocycles. The Bertz CT molecular complexity index is 580. The molecule has 116 valence electrons. The largest absolute Gasteiger partial charge is 0.341 e. The number of halogens is 1. The van der Waals surface area contributed by atoms with E-state index in [2.05, 4.69) is 15.9 Å². The van der Waals surface area contributed by atoms with E-state index < -0.39 is 0 Å². The lowest BCUT2D eigenvalue weighted by Crippen LogP contribution is -2.37. The Balaban J connectivity index is 1.90. The Kier molecular flexibility index (Phi) is 5.96. The van der Waals surface area contributed by atoms with Gasteiger partial charge >= 0.3 is 0 Å². The highest BCUT2D eigenvalue weighted by Crippen LogP contribution is 2.13. The predicted octanol–water partition coefficient (Wildman–Crippen LogP) is 1.97. The summed E-state index contributed by atoms with van der Waals surface area (Å²) in [6, 6.07) is 9.59. The van der Waals surface area contributed by atoms with Crippen LogP contribution >= 0.6 is 15.9 Å². The molecule has 0 aromatic heterocycles. The van der Waals surface area contributed by atoms with Crippen LogP contribution in [0.25, 0.3) is 0 Å². The van der Waals surface area contributed by atoms with Crippen molar-refractivity contribution in [1.29, 1.82) is 5.26 Å². The third-order valence-corrected chi connectivity index (χ3v) is 4.23. The van der Waals surface area contributed by atoms with E-state index in [1.165, 1.54) is 0 Å². The SMILES string of the molecule is N#CCC(=O)N1CCCN(C(=O)Cc2ccc(Br)cc2)CC1. The van der Waals surface area contributed by atoms with Gasteiger partial charge in [0.15, 0.2) is 0 Å². The van der Waals surface area contributed by atoms with E-state index in [0.29, 0.717) is 32.6 Å². The molecule has 0 radical (unpaired) electrons. The molecule has 2 rings (SSSR count). The Morgan fingerprint density at radius 3 is 2.23 bits per heavy atom. The van der Waals surface area contributed by atoms with Gasteiger partial charge in [-0.1, -0.05) is 28.1 Å². The Labute approximate surface area is 138 Å². The van der Waals surface area contributed by atoms with Gasteiger partial charge in [-0.3, -0.25) is 9.59 Å². The smallest absolute Gasteiger partial charge is 0.236 e. The summed E-state index contributed by atoms with van der Waals surface area (Å²) < 4.78 is 0.991. The van der Waals surface area contributed by atoms with Crippen LogP contribution in [0.2, 0.25) is 0 Å². The van der Waals surface area contributed by atoms with Crippen molar-refractivity contribution < 1.29 is 9.59 Å². The molecule has 0 saturated carbocycles. The Morgan fingerprint density at radius 2 is 1.64 bits per heavy atom. The Morgan fingerprint density at radius 1 is 1.05 bits per heavy atom. The van der Waals surface area contributed by atoms with Crippen molar-refractivity contribution in [2.75, 3.05) is 26.2 Å². The third kappa shape index (κ3) is 4.57. The molecule has 0 spiro atoms. The minimum absolute atomic E-state index is 0.0805. The minimum Gasteiger partial charge on any atom is -0.341 e. The number of hydrogen-bond acceptors (Lipinski definition) is 3. The minimum atomic E-state index is -0.148.